The molecule has 0 aromatic carbocycles. The summed E-state index contributed by atoms with van der Waals surface area (Å²) in [6, 6.07) is 0.543. The maximum Gasteiger partial charge on any atom is 0.00730 e. The number of hydrogen-bond donors (Lipinski definition) is 1. The van der Waals surface area contributed by atoms with Gasteiger partial charge in [-0.2, -0.15) is 0 Å². The van der Waals surface area contributed by atoms with Crippen LogP contribution < -0.4 is 5.73 Å². The van der Waals surface area contributed by atoms with Gasteiger partial charge in [-0.1, -0.05) is 12.2 Å². The predicted molar refractivity (Wildman–Crippen MR) is 44.9 cm³/mol. The fourth-order valence-corrected chi connectivity index (χ4v) is 3.61. The standard InChI is InChI=1S/C10H15N/c11-10-5-6-4-9(10)8-3-1-2-7(6)8/h1-2,6-10H,3-5,11H2/t6-,7+,8+,9+,10-/m1/s1. The van der Waals surface area contributed by atoms with Gasteiger partial charge >= 0.3 is 0 Å². The van der Waals surface area contributed by atoms with Crippen molar-refractivity contribution in [3.8, 4) is 0 Å². The Morgan fingerprint density at radius 2 is 2.09 bits per heavy atom. The van der Waals surface area contributed by atoms with Crippen LogP contribution in [0.15, 0.2) is 12.2 Å². The summed E-state index contributed by atoms with van der Waals surface area (Å²) in [4.78, 5) is 0. The molecular weight excluding hydrogens is 134 g/mol. The van der Waals surface area contributed by atoms with Gasteiger partial charge < -0.3 is 5.73 Å². The van der Waals surface area contributed by atoms with Crippen LogP contribution in [-0.4, -0.2) is 6.04 Å². The quantitative estimate of drug-likeness (QED) is 0.519. The number of nitrogens with two attached hydrogens (primary N) is 1. The van der Waals surface area contributed by atoms with Crippen LogP contribution in [0.3, 0.4) is 0 Å². The first-order valence-electron chi connectivity index (χ1n) is 4.78. The van der Waals surface area contributed by atoms with E-state index in [0.717, 1.165) is 23.7 Å². The molecule has 11 heavy (non-hydrogen) atoms. The molecule has 2 bridgehead atoms. The molecule has 0 unspecified atom stereocenters. The molecule has 0 saturated heterocycles. The molecule has 0 spiro atoms. The fourth-order valence-electron chi connectivity index (χ4n) is 3.61. The molecule has 0 aromatic heterocycles. The Morgan fingerprint density at radius 3 is 3.00 bits per heavy atom. The Balaban J connectivity index is 1.94. The van der Waals surface area contributed by atoms with Gasteiger partial charge in [0, 0.05) is 6.04 Å². The first kappa shape index (κ1) is 6.24. The van der Waals surface area contributed by atoms with Crippen molar-refractivity contribution in [2.45, 2.75) is 25.3 Å². The number of fused-ring (bicyclic) bond motifs is 5. The van der Waals surface area contributed by atoms with E-state index < -0.39 is 0 Å². The molecule has 3 aliphatic carbocycles. The maximum absolute atomic E-state index is 6.05. The third-order valence-corrected chi connectivity index (χ3v) is 4.05. The van der Waals surface area contributed by atoms with Crippen LogP contribution >= 0.6 is 0 Å². The van der Waals surface area contributed by atoms with Gasteiger partial charge in [-0.05, 0) is 42.9 Å². The van der Waals surface area contributed by atoms with Gasteiger partial charge in [0.25, 0.3) is 0 Å². The summed E-state index contributed by atoms with van der Waals surface area (Å²) in [7, 11) is 0. The molecule has 60 valence electrons. The van der Waals surface area contributed by atoms with Gasteiger partial charge in [-0.25, -0.2) is 0 Å². The van der Waals surface area contributed by atoms with E-state index in [1.54, 1.807) is 0 Å². The van der Waals surface area contributed by atoms with Crippen LogP contribution in [0.25, 0.3) is 0 Å². The molecule has 0 radical (unpaired) electrons. The molecule has 1 nitrogen and oxygen atoms in total. The van der Waals surface area contributed by atoms with E-state index in [1.807, 2.05) is 0 Å². The normalized spacial score (nSPS) is 58.8. The molecule has 1 heteroatoms. The minimum atomic E-state index is 0.543. The highest BCUT2D eigenvalue weighted by molar-refractivity contribution is 5.14. The Morgan fingerprint density at radius 1 is 1.18 bits per heavy atom. The largest absolute Gasteiger partial charge is 0.327 e. The van der Waals surface area contributed by atoms with Crippen molar-refractivity contribution in [1.82, 2.24) is 0 Å². The van der Waals surface area contributed by atoms with Crippen molar-refractivity contribution in [2.75, 3.05) is 0 Å². The average Bonchev–Trinajstić information content (AvgIpc) is 2.52. The maximum atomic E-state index is 6.05. The lowest BCUT2D eigenvalue weighted by atomic mass is 9.79. The topological polar surface area (TPSA) is 26.0 Å². The Bertz CT molecular complexity index is 209. The summed E-state index contributed by atoms with van der Waals surface area (Å²) in [5.74, 6) is 3.71. The Kier molecular flexibility index (Phi) is 1.07. The monoisotopic (exact) mass is 149 g/mol. The van der Waals surface area contributed by atoms with Crippen LogP contribution in [-0.2, 0) is 0 Å². The summed E-state index contributed by atoms with van der Waals surface area (Å²) in [6.07, 6.45) is 8.87. The molecule has 2 fully saturated rings. The lowest BCUT2D eigenvalue weighted by Crippen LogP contribution is -2.34. The molecule has 0 aromatic rings. The van der Waals surface area contributed by atoms with Crippen molar-refractivity contribution in [1.29, 1.82) is 0 Å². The van der Waals surface area contributed by atoms with E-state index in [-0.39, 0.29) is 0 Å². The zero-order valence-corrected chi connectivity index (χ0v) is 6.74. The average molecular weight is 149 g/mol. The Labute approximate surface area is 67.7 Å². The second kappa shape index (κ2) is 1.89. The highest BCUT2D eigenvalue weighted by atomic mass is 14.7. The molecule has 2 N–H and O–H groups in total. The number of hydrogen-bond acceptors (Lipinski definition) is 1. The lowest BCUT2D eigenvalue weighted by molar-refractivity contribution is 0.255. The highest BCUT2D eigenvalue weighted by Gasteiger charge is 2.50. The van der Waals surface area contributed by atoms with Gasteiger partial charge in [-0.3, -0.25) is 0 Å². The third-order valence-electron chi connectivity index (χ3n) is 4.05. The summed E-state index contributed by atoms with van der Waals surface area (Å²) < 4.78 is 0. The minimum absolute atomic E-state index is 0.543. The fraction of sp³-hybridized carbons (Fsp3) is 0.800. The molecular formula is C10H15N. The minimum Gasteiger partial charge on any atom is -0.327 e. The molecule has 0 amide bonds. The molecule has 0 heterocycles. The smallest absolute Gasteiger partial charge is 0.00730 e. The molecule has 3 rings (SSSR count). The van der Waals surface area contributed by atoms with E-state index in [4.69, 9.17) is 5.73 Å². The zero-order chi connectivity index (χ0) is 7.42. The third kappa shape index (κ3) is 0.652. The van der Waals surface area contributed by atoms with E-state index in [2.05, 4.69) is 12.2 Å². The highest BCUT2D eigenvalue weighted by Crippen LogP contribution is 2.55. The van der Waals surface area contributed by atoms with Crippen LogP contribution in [0.4, 0.5) is 0 Å². The first-order valence-corrected chi connectivity index (χ1v) is 4.78. The molecule has 5 atom stereocenters. The van der Waals surface area contributed by atoms with E-state index in [1.165, 1.54) is 19.3 Å². The van der Waals surface area contributed by atoms with Gasteiger partial charge in [0.2, 0.25) is 0 Å². The van der Waals surface area contributed by atoms with Gasteiger partial charge in [-0.15, -0.1) is 0 Å². The molecule has 3 aliphatic rings. The predicted octanol–water partition coefficient (Wildman–Crippen LogP) is 1.55. The first-order chi connectivity index (χ1) is 5.36. The lowest BCUT2D eigenvalue weighted by Gasteiger charge is -2.28. The summed E-state index contributed by atoms with van der Waals surface area (Å²) in [5.41, 5.74) is 6.05. The second-order valence-corrected chi connectivity index (χ2v) is 4.46. The van der Waals surface area contributed by atoms with Crippen molar-refractivity contribution in [3.63, 3.8) is 0 Å². The number of rotatable bonds is 0. The van der Waals surface area contributed by atoms with Gasteiger partial charge in [0.15, 0.2) is 0 Å². The van der Waals surface area contributed by atoms with Crippen LogP contribution in [0.1, 0.15) is 19.3 Å². The number of allylic oxidation sites excluding steroid dienone is 2. The van der Waals surface area contributed by atoms with Gasteiger partial charge in [0.05, 0.1) is 0 Å². The van der Waals surface area contributed by atoms with Crippen molar-refractivity contribution >= 4 is 0 Å². The molecule has 0 aliphatic heterocycles. The van der Waals surface area contributed by atoms with Crippen molar-refractivity contribution in [2.24, 2.45) is 29.4 Å². The van der Waals surface area contributed by atoms with Crippen molar-refractivity contribution in [3.05, 3.63) is 12.2 Å². The SMILES string of the molecule is N[C@@H]1C[C@H]2C[C@H]1[C@H]1CC=C[C@@H]21. The van der Waals surface area contributed by atoms with Crippen LogP contribution in [0.2, 0.25) is 0 Å². The van der Waals surface area contributed by atoms with E-state index >= 15 is 0 Å². The van der Waals surface area contributed by atoms with Crippen molar-refractivity contribution < 1.29 is 0 Å². The molecule has 2 saturated carbocycles. The zero-order valence-electron chi connectivity index (χ0n) is 6.74. The van der Waals surface area contributed by atoms with Crippen LogP contribution in [0.5, 0.6) is 0 Å². The second-order valence-electron chi connectivity index (χ2n) is 4.46. The van der Waals surface area contributed by atoms with E-state index in [9.17, 15) is 0 Å². The van der Waals surface area contributed by atoms with E-state index in [0.29, 0.717) is 6.04 Å². The Hall–Kier alpha value is -0.300. The summed E-state index contributed by atoms with van der Waals surface area (Å²) in [6.45, 7) is 0. The van der Waals surface area contributed by atoms with Gasteiger partial charge in [0.1, 0.15) is 0 Å². The van der Waals surface area contributed by atoms with Crippen LogP contribution in [0, 0.1) is 23.7 Å². The summed E-state index contributed by atoms with van der Waals surface area (Å²) in [5, 5.41) is 0. The summed E-state index contributed by atoms with van der Waals surface area (Å²) >= 11 is 0.